The smallest absolute Gasteiger partial charge is 0.325 e. The number of aliphatic carboxylic acids is 1. The highest BCUT2D eigenvalue weighted by molar-refractivity contribution is 5.76. The van der Waals surface area contributed by atoms with Gasteiger partial charge in [0, 0.05) is 5.56 Å². The van der Waals surface area contributed by atoms with Crippen LogP contribution in [0.4, 0.5) is 0 Å². The van der Waals surface area contributed by atoms with Crippen LogP contribution in [-0.4, -0.2) is 28.2 Å². The Hall–Kier alpha value is -2.08. The van der Waals surface area contributed by atoms with Gasteiger partial charge in [0.15, 0.2) is 0 Å². The van der Waals surface area contributed by atoms with Crippen molar-refractivity contribution in [1.82, 2.24) is 10.1 Å². The van der Waals surface area contributed by atoms with E-state index in [0.29, 0.717) is 29.3 Å². The lowest BCUT2D eigenvalue weighted by Crippen LogP contribution is -2.31. The van der Waals surface area contributed by atoms with E-state index in [2.05, 4.69) is 5.16 Å². The Balaban J connectivity index is 2.28. The van der Waals surface area contributed by atoms with Gasteiger partial charge in [-0.3, -0.25) is 9.69 Å². The molecule has 0 bridgehead atoms. The summed E-state index contributed by atoms with van der Waals surface area (Å²) in [6, 6.07) is 2.77. The zero-order valence-electron chi connectivity index (χ0n) is 11.1. The third kappa shape index (κ3) is 2.68. The van der Waals surface area contributed by atoms with Crippen LogP contribution >= 0.6 is 0 Å². The Labute approximate surface area is 110 Å². The number of hydrogen-bond donors (Lipinski definition) is 1. The molecule has 2 aromatic rings. The number of aromatic nitrogens is 1. The Bertz CT molecular complexity index is 540. The number of likely N-dealkylation sites (N-methyl/N-ethyl adjacent to an activating group) is 1. The summed E-state index contributed by atoms with van der Waals surface area (Å²) in [4.78, 5) is 13.2. The second kappa shape index (κ2) is 5.27. The van der Waals surface area contributed by atoms with Crippen molar-refractivity contribution in [1.29, 1.82) is 0 Å². The Morgan fingerprint density at radius 2 is 2.26 bits per heavy atom. The van der Waals surface area contributed by atoms with E-state index in [0.717, 1.165) is 0 Å². The van der Waals surface area contributed by atoms with Crippen LogP contribution in [0.25, 0.3) is 0 Å². The first-order chi connectivity index (χ1) is 9.00. The van der Waals surface area contributed by atoms with Crippen molar-refractivity contribution in [3.05, 3.63) is 41.2 Å². The predicted molar refractivity (Wildman–Crippen MR) is 66.5 cm³/mol. The molecule has 1 atom stereocenters. The van der Waals surface area contributed by atoms with Gasteiger partial charge in [-0.15, -0.1) is 0 Å². The summed E-state index contributed by atoms with van der Waals surface area (Å²) < 4.78 is 10.3. The molecule has 6 nitrogen and oxygen atoms in total. The molecule has 0 saturated carbocycles. The summed E-state index contributed by atoms with van der Waals surface area (Å²) in [6.07, 6.45) is 1.56. The van der Waals surface area contributed by atoms with Gasteiger partial charge in [0.1, 0.15) is 17.6 Å². The fourth-order valence-corrected chi connectivity index (χ4v) is 2.15. The molecule has 0 fully saturated rings. The van der Waals surface area contributed by atoms with E-state index in [1.165, 1.54) is 0 Å². The molecular weight excluding hydrogens is 248 g/mol. The Kier molecular flexibility index (Phi) is 3.71. The monoisotopic (exact) mass is 264 g/mol. The van der Waals surface area contributed by atoms with Crippen LogP contribution in [0.5, 0.6) is 0 Å². The van der Waals surface area contributed by atoms with Crippen molar-refractivity contribution < 1.29 is 18.8 Å². The number of nitrogens with zero attached hydrogens (tertiary/aromatic N) is 2. The van der Waals surface area contributed by atoms with Gasteiger partial charge in [-0.25, -0.2) is 0 Å². The fourth-order valence-electron chi connectivity index (χ4n) is 2.15. The van der Waals surface area contributed by atoms with Crippen molar-refractivity contribution in [3.63, 3.8) is 0 Å². The van der Waals surface area contributed by atoms with Crippen molar-refractivity contribution in [3.8, 4) is 0 Å². The van der Waals surface area contributed by atoms with Crippen LogP contribution in [0, 0.1) is 13.8 Å². The normalized spacial score (nSPS) is 12.8. The van der Waals surface area contributed by atoms with Gasteiger partial charge in [-0.2, -0.15) is 0 Å². The van der Waals surface area contributed by atoms with Crippen LogP contribution in [0.15, 0.2) is 27.3 Å². The van der Waals surface area contributed by atoms with Crippen molar-refractivity contribution in [2.24, 2.45) is 0 Å². The lowest BCUT2D eigenvalue weighted by atomic mass is 10.0. The molecule has 0 aliphatic heterocycles. The third-order valence-electron chi connectivity index (χ3n) is 3.02. The van der Waals surface area contributed by atoms with Crippen LogP contribution in [0.1, 0.15) is 28.8 Å². The molecular formula is C13H16N2O4. The highest BCUT2D eigenvalue weighted by Gasteiger charge is 2.31. The minimum atomic E-state index is -0.941. The van der Waals surface area contributed by atoms with Gasteiger partial charge < -0.3 is 14.0 Å². The standard InChI is InChI=1S/C13H16N2O4/c1-8-11(9(2)19-14-8)12(13(16)17)15(3)7-10-5-4-6-18-10/h4-6,12H,7H2,1-3H3,(H,16,17)/t12-/m1/s1. The average molecular weight is 264 g/mol. The molecule has 0 radical (unpaired) electrons. The maximum atomic E-state index is 11.5. The number of carbonyl (C=O) groups is 1. The number of hydrogen-bond acceptors (Lipinski definition) is 5. The van der Waals surface area contributed by atoms with Gasteiger partial charge in [0.25, 0.3) is 0 Å². The molecule has 0 aliphatic rings. The lowest BCUT2D eigenvalue weighted by Gasteiger charge is -2.23. The van der Waals surface area contributed by atoms with Crippen molar-refractivity contribution in [2.45, 2.75) is 26.4 Å². The van der Waals surface area contributed by atoms with Gasteiger partial charge in [0.2, 0.25) is 0 Å². The maximum absolute atomic E-state index is 11.5. The Morgan fingerprint density at radius 1 is 1.53 bits per heavy atom. The molecule has 1 N–H and O–H groups in total. The summed E-state index contributed by atoms with van der Waals surface area (Å²) in [7, 11) is 1.73. The van der Waals surface area contributed by atoms with E-state index in [9.17, 15) is 9.90 Å². The molecule has 2 heterocycles. The van der Waals surface area contributed by atoms with E-state index < -0.39 is 12.0 Å². The summed E-state index contributed by atoms with van der Waals surface area (Å²) >= 11 is 0. The summed E-state index contributed by atoms with van der Waals surface area (Å²) in [6.45, 7) is 3.85. The van der Waals surface area contributed by atoms with Crippen molar-refractivity contribution >= 4 is 5.97 Å². The molecule has 0 unspecified atom stereocenters. The number of aryl methyl sites for hydroxylation is 2. The molecule has 19 heavy (non-hydrogen) atoms. The van der Waals surface area contributed by atoms with Crippen LogP contribution in [0.2, 0.25) is 0 Å². The first kappa shape index (κ1) is 13.4. The molecule has 0 amide bonds. The highest BCUT2D eigenvalue weighted by atomic mass is 16.5. The highest BCUT2D eigenvalue weighted by Crippen LogP contribution is 2.27. The van der Waals surface area contributed by atoms with Gasteiger partial charge in [-0.05, 0) is 33.0 Å². The third-order valence-corrected chi connectivity index (χ3v) is 3.02. The summed E-state index contributed by atoms with van der Waals surface area (Å²) in [5.74, 6) is 0.292. The molecule has 6 heteroatoms. The Morgan fingerprint density at radius 3 is 2.74 bits per heavy atom. The first-order valence-corrected chi connectivity index (χ1v) is 5.89. The second-order valence-electron chi connectivity index (χ2n) is 4.47. The van der Waals surface area contributed by atoms with E-state index in [-0.39, 0.29) is 0 Å². The van der Waals surface area contributed by atoms with Gasteiger partial charge >= 0.3 is 5.97 Å². The first-order valence-electron chi connectivity index (χ1n) is 5.89. The molecule has 0 aromatic carbocycles. The quantitative estimate of drug-likeness (QED) is 0.891. The van der Waals surface area contributed by atoms with E-state index >= 15 is 0 Å². The maximum Gasteiger partial charge on any atom is 0.325 e. The zero-order valence-corrected chi connectivity index (χ0v) is 11.1. The summed E-state index contributed by atoms with van der Waals surface area (Å²) in [5, 5.41) is 13.3. The molecule has 102 valence electrons. The number of carboxylic acid groups (broad SMARTS) is 1. The topological polar surface area (TPSA) is 79.7 Å². The molecule has 2 aromatic heterocycles. The number of rotatable bonds is 5. The minimum Gasteiger partial charge on any atom is -0.480 e. The predicted octanol–water partition coefficient (Wildman–Crippen LogP) is 2.14. The van der Waals surface area contributed by atoms with E-state index in [4.69, 9.17) is 8.94 Å². The SMILES string of the molecule is Cc1noc(C)c1[C@H](C(=O)O)N(C)Cc1ccco1. The molecule has 0 spiro atoms. The molecule has 0 aliphatic carbocycles. The van der Waals surface area contributed by atoms with Gasteiger partial charge in [0.05, 0.1) is 18.5 Å². The minimum absolute atomic E-state index is 0.397. The summed E-state index contributed by atoms with van der Waals surface area (Å²) in [5.41, 5.74) is 1.19. The number of furan rings is 1. The molecule has 2 rings (SSSR count). The average Bonchev–Trinajstić information content (AvgIpc) is 2.93. The lowest BCUT2D eigenvalue weighted by molar-refractivity contribution is -0.143. The van der Waals surface area contributed by atoms with Crippen LogP contribution < -0.4 is 0 Å². The van der Waals surface area contributed by atoms with E-state index in [1.54, 1.807) is 38.1 Å². The number of carboxylic acids is 1. The van der Waals surface area contributed by atoms with Crippen LogP contribution in [0.3, 0.4) is 0 Å². The van der Waals surface area contributed by atoms with E-state index in [1.807, 2.05) is 6.07 Å². The van der Waals surface area contributed by atoms with Crippen molar-refractivity contribution in [2.75, 3.05) is 7.05 Å². The largest absolute Gasteiger partial charge is 0.480 e. The molecule has 0 saturated heterocycles. The van der Waals surface area contributed by atoms with Gasteiger partial charge in [-0.1, -0.05) is 5.16 Å². The fraction of sp³-hybridized carbons (Fsp3) is 0.385. The second-order valence-corrected chi connectivity index (χ2v) is 4.47. The van der Waals surface area contributed by atoms with Crippen LogP contribution in [-0.2, 0) is 11.3 Å². The zero-order chi connectivity index (χ0) is 14.0.